The van der Waals surface area contributed by atoms with Gasteiger partial charge in [-0.2, -0.15) is 0 Å². The van der Waals surface area contributed by atoms with Gasteiger partial charge in [0.2, 0.25) is 0 Å². The van der Waals surface area contributed by atoms with Crippen molar-refractivity contribution in [3.63, 3.8) is 0 Å². The van der Waals surface area contributed by atoms with Crippen LogP contribution in [0.1, 0.15) is 53.9 Å². The molecule has 0 saturated heterocycles. The Bertz CT molecular complexity index is 951. The molecule has 0 aliphatic rings. The molecule has 3 nitrogen and oxygen atoms in total. The Labute approximate surface area is 171 Å². The molecule has 146 valence electrons. The summed E-state index contributed by atoms with van der Waals surface area (Å²) in [5.74, 6) is 0.710. The zero-order chi connectivity index (χ0) is 19.9. The second kappa shape index (κ2) is 9.74. The van der Waals surface area contributed by atoms with Crippen LogP contribution >= 0.6 is 11.8 Å². The molecule has 0 saturated carbocycles. The highest BCUT2D eigenvalue weighted by Gasteiger charge is 2.15. The van der Waals surface area contributed by atoms with Crippen LogP contribution in [0.3, 0.4) is 0 Å². The lowest BCUT2D eigenvalue weighted by atomic mass is 9.95. The molecule has 1 aromatic heterocycles. The zero-order valence-corrected chi connectivity index (χ0v) is 17.6. The van der Waals surface area contributed by atoms with Gasteiger partial charge < -0.3 is 4.74 Å². The summed E-state index contributed by atoms with van der Waals surface area (Å²) >= 11 is 1.81. The average Bonchev–Trinajstić information content (AvgIpc) is 2.74. The first-order valence-electron chi connectivity index (χ1n) is 9.88. The highest BCUT2D eigenvalue weighted by molar-refractivity contribution is 7.99. The van der Waals surface area contributed by atoms with Crippen LogP contribution in [0.4, 0.5) is 0 Å². The molecule has 2 aromatic carbocycles. The van der Waals surface area contributed by atoms with Crippen molar-refractivity contribution in [2.45, 2.75) is 44.6 Å². The van der Waals surface area contributed by atoms with Crippen LogP contribution in [0.25, 0.3) is 10.8 Å². The minimum Gasteiger partial charge on any atom is -0.465 e. The summed E-state index contributed by atoms with van der Waals surface area (Å²) in [5.41, 5.74) is 4.26. The number of carbonyl (C=O) groups is 1. The minimum absolute atomic E-state index is 0.303. The van der Waals surface area contributed by atoms with E-state index in [1.807, 2.05) is 36.0 Å². The number of rotatable bonds is 8. The van der Waals surface area contributed by atoms with E-state index in [1.54, 1.807) is 0 Å². The molecule has 0 fully saturated rings. The van der Waals surface area contributed by atoms with Crippen LogP contribution in [-0.4, -0.2) is 23.8 Å². The largest absolute Gasteiger partial charge is 0.465 e. The predicted molar refractivity (Wildman–Crippen MR) is 117 cm³/mol. The third-order valence-electron chi connectivity index (χ3n) is 4.87. The summed E-state index contributed by atoms with van der Waals surface area (Å²) in [4.78, 5) is 16.8. The molecular weight excluding hydrogens is 366 g/mol. The van der Waals surface area contributed by atoms with Crippen LogP contribution in [-0.2, 0) is 17.6 Å². The van der Waals surface area contributed by atoms with E-state index in [0.717, 1.165) is 36.5 Å². The monoisotopic (exact) mass is 393 g/mol. The van der Waals surface area contributed by atoms with E-state index in [9.17, 15) is 4.79 Å². The lowest BCUT2D eigenvalue weighted by Gasteiger charge is -2.16. The molecule has 4 heteroatoms. The maximum absolute atomic E-state index is 11.7. The minimum atomic E-state index is -0.303. The number of aryl methyl sites for hydroxylation is 1. The fraction of sp³-hybridized carbons (Fsp3) is 0.333. The van der Waals surface area contributed by atoms with Crippen molar-refractivity contribution in [1.29, 1.82) is 0 Å². The molecule has 3 rings (SSSR count). The molecule has 3 aromatic rings. The summed E-state index contributed by atoms with van der Waals surface area (Å²) in [6.45, 7) is 4.39. The normalized spacial score (nSPS) is 11.0. The number of hydrogen-bond acceptors (Lipinski definition) is 4. The van der Waals surface area contributed by atoms with Crippen LogP contribution in [0.5, 0.6) is 0 Å². The molecule has 0 N–H and O–H groups in total. The summed E-state index contributed by atoms with van der Waals surface area (Å²) in [6.07, 6.45) is 4.09. The maximum atomic E-state index is 11.7. The average molecular weight is 394 g/mol. The van der Waals surface area contributed by atoms with Crippen molar-refractivity contribution in [1.82, 2.24) is 4.98 Å². The number of aromatic nitrogens is 1. The van der Waals surface area contributed by atoms with Gasteiger partial charge in [-0.3, -0.25) is 0 Å². The quantitative estimate of drug-likeness (QED) is 0.344. The van der Waals surface area contributed by atoms with Crippen molar-refractivity contribution in [2.24, 2.45) is 0 Å². The molecule has 0 amide bonds. The number of methoxy groups -OCH3 is 1. The fourth-order valence-electron chi connectivity index (χ4n) is 3.41. The number of benzene rings is 2. The third-order valence-corrected chi connectivity index (χ3v) is 5.74. The molecule has 1 heterocycles. The molecule has 0 radical (unpaired) electrons. The predicted octanol–water partition coefficient (Wildman–Crippen LogP) is 6.07. The SMILES string of the molecule is CCCCc1nc(SCC)c2ccccc2c1Cc1ccc(C(=O)OC)cc1. The number of fused-ring (bicyclic) bond motifs is 1. The zero-order valence-electron chi connectivity index (χ0n) is 16.8. The van der Waals surface area contributed by atoms with Gasteiger partial charge in [0, 0.05) is 11.1 Å². The van der Waals surface area contributed by atoms with E-state index in [-0.39, 0.29) is 5.97 Å². The number of nitrogens with zero attached hydrogens (tertiary/aromatic N) is 1. The van der Waals surface area contributed by atoms with Crippen molar-refractivity contribution in [2.75, 3.05) is 12.9 Å². The molecule has 0 atom stereocenters. The van der Waals surface area contributed by atoms with Gasteiger partial charge in [-0.15, -0.1) is 11.8 Å². The first-order valence-corrected chi connectivity index (χ1v) is 10.9. The van der Waals surface area contributed by atoms with Gasteiger partial charge in [0.1, 0.15) is 5.03 Å². The Balaban J connectivity index is 2.05. The van der Waals surface area contributed by atoms with Crippen LogP contribution in [0.2, 0.25) is 0 Å². The molecule has 0 aliphatic carbocycles. The number of carbonyl (C=O) groups excluding carboxylic acids is 1. The second-order valence-electron chi connectivity index (χ2n) is 6.79. The van der Waals surface area contributed by atoms with E-state index in [2.05, 4.69) is 38.1 Å². The number of hydrogen-bond donors (Lipinski definition) is 0. The van der Waals surface area contributed by atoms with Crippen molar-refractivity contribution in [3.8, 4) is 0 Å². The van der Waals surface area contributed by atoms with Crippen molar-refractivity contribution in [3.05, 3.63) is 70.9 Å². The molecule has 28 heavy (non-hydrogen) atoms. The number of ether oxygens (including phenoxy) is 1. The highest BCUT2D eigenvalue weighted by atomic mass is 32.2. The number of esters is 1. The molecule has 0 spiro atoms. The summed E-state index contributed by atoms with van der Waals surface area (Å²) in [5, 5.41) is 3.65. The van der Waals surface area contributed by atoms with Crippen LogP contribution in [0, 0.1) is 0 Å². The Morgan fingerprint density at radius 3 is 2.39 bits per heavy atom. The summed E-state index contributed by atoms with van der Waals surface area (Å²) < 4.78 is 4.80. The number of unbranched alkanes of at least 4 members (excludes halogenated alkanes) is 1. The van der Waals surface area contributed by atoms with Crippen LogP contribution in [0.15, 0.2) is 53.6 Å². The Hall–Kier alpha value is -2.33. The van der Waals surface area contributed by atoms with E-state index in [1.165, 1.54) is 34.7 Å². The van der Waals surface area contributed by atoms with Gasteiger partial charge >= 0.3 is 5.97 Å². The standard InChI is InChI=1S/C24H27NO2S/c1-4-6-11-22-21(16-17-12-14-18(15-13-17)24(26)27-3)19-9-7-8-10-20(19)23(25-22)28-5-2/h7-10,12-15H,4-6,11,16H2,1-3H3. The van der Waals surface area contributed by atoms with Gasteiger partial charge in [0.05, 0.1) is 12.7 Å². The van der Waals surface area contributed by atoms with Crippen molar-refractivity contribution < 1.29 is 9.53 Å². The number of pyridine rings is 1. The van der Waals surface area contributed by atoms with Gasteiger partial charge in [-0.1, -0.05) is 56.7 Å². The molecule has 0 aliphatic heterocycles. The first-order chi connectivity index (χ1) is 13.7. The van der Waals surface area contributed by atoms with Gasteiger partial charge in [0.25, 0.3) is 0 Å². The van der Waals surface area contributed by atoms with E-state index < -0.39 is 0 Å². The smallest absolute Gasteiger partial charge is 0.337 e. The van der Waals surface area contributed by atoms with Crippen LogP contribution < -0.4 is 0 Å². The van der Waals surface area contributed by atoms with E-state index in [0.29, 0.717) is 5.56 Å². The summed E-state index contributed by atoms with van der Waals surface area (Å²) in [7, 11) is 1.41. The number of thioether (sulfide) groups is 1. The Morgan fingerprint density at radius 2 is 1.75 bits per heavy atom. The van der Waals surface area contributed by atoms with Gasteiger partial charge in [-0.25, -0.2) is 9.78 Å². The molecular formula is C24H27NO2S. The topological polar surface area (TPSA) is 39.2 Å². The Morgan fingerprint density at radius 1 is 1.04 bits per heavy atom. The van der Waals surface area contributed by atoms with Crippen molar-refractivity contribution >= 4 is 28.5 Å². The first kappa shape index (κ1) is 20.4. The van der Waals surface area contributed by atoms with E-state index >= 15 is 0 Å². The molecule has 0 unspecified atom stereocenters. The second-order valence-corrected chi connectivity index (χ2v) is 8.04. The third kappa shape index (κ3) is 4.56. The lowest BCUT2D eigenvalue weighted by Crippen LogP contribution is -2.04. The van der Waals surface area contributed by atoms with Gasteiger partial charge in [-0.05, 0) is 53.7 Å². The maximum Gasteiger partial charge on any atom is 0.337 e. The summed E-state index contributed by atoms with van der Waals surface area (Å²) in [6, 6.07) is 16.3. The van der Waals surface area contributed by atoms with E-state index in [4.69, 9.17) is 9.72 Å². The fourth-order valence-corrected chi connectivity index (χ4v) is 4.20. The lowest BCUT2D eigenvalue weighted by molar-refractivity contribution is 0.0600. The van der Waals surface area contributed by atoms with Gasteiger partial charge in [0.15, 0.2) is 0 Å². The highest BCUT2D eigenvalue weighted by Crippen LogP contribution is 2.32. The Kier molecular flexibility index (Phi) is 7.10. The molecule has 0 bridgehead atoms.